The zero-order valence-electron chi connectivity index (χ0n) is 14.1. The summed E-state index contributed by atoms with van der Waals surface area (Å²) >= 11 is 0. The van der Waals surface area contributed by atoms with Crippen molar-refractivity contribution < 1.29 is 14.0 Å². The van der Waals surface area contributed by atoms with Crippen LogP contribution in [0, 0.1) is 5.92 Å². The van der Waals surface area contributed by atoms with Crippen molar-refractivity contribution in [1.82, 2.24) is 25.2 Å². The van der Waals surface area contributed by atoms with Crippen molar-refractivity contribution in [2.75, 3.05) is 19.6 Å². The Balaban J connectivity index is 1.98. The fourth-order valence-corrected chi connectivity index (χ4v) is 2.76. The van der Waals surface area contributed by atoms with Gasteiger partial charge in [-0.1, -0.05) is 19.1 Å². The van der Waals surface area contributed by atoms with E-state index in [9.17, 15) is 14.0 Å². The van der Waals surface area contributed by atoms with Crippen molar-refractivity contribution in [3.05, 3.63) is 11.9 Å². The zero-order valence-corrected chi connectivity index (χ0v) is 14.1. The Morgan fingerprint density at radius 1 is 1.50 bits per heavy atom. The Bertz CT molecular complexity index is 576. The summed E-state index contributed by atoms with van der Waals surface area (Å²) in [7, 11) is 0. The molecule has 0 spiro atoms. The topological polar surface area (TPSA) is 106 Å². The number of halogens is 1. The van der Waals surface area contributed by atoms with Gasteiger partial charge >= 0.3 is 0 Å². The molecule has 0 radical (unpaired) electrons. The van der Waals surface area contributed by atoms with E-state index in [0.717, 1.165) is 0 Å². The lowest BCUT2D eigenvalue weighted by Gasteiger charge is -2.23. The summed E-state index contributed by atoms with van der Waals surface area (Å²) in [6, 6.07) is -0.372. The predicted octanol–water partition coefficient (Wildman–Crippen LogP) is -0.0483. The molecular formula is C15H25FN6O2. The van der Waals surface area contributed by atoms with Gasteiger partial charge in [0.15, 0.2) is 5.69 Å². The molecule has 0 aliphatic carbocycles. The summed E-state index contributed by atoms with van der Waals surface area (Å²) in [6.07, 6.45) is 1.03. The zero-order chi connectivity index (χ0) is 17.7. The third-order valence-corrected chi connectivity index (χ3v) is 3.87. The molecule has 1 aliphatic rings. The van der Waals surface area contributed by atoms with Crippen molar-refractivity contribution >= 4 is 11.8 Å². The van der Waals surface area contributed by atoms with Crippen LogP contribution in [0.3, 0.4) is 0 Å². The highest BCUT2D eigenvalue weighted by molar-refractivity contribution is 5.92. The van der Waals surface area contributed by atoms with Gasteiger partial charge in [0.1, 0.15) is 6.17 Å². The molecule has 0 unspecified atom stereocenters. The number of amides is 2. The van der Waals surface area contributed by atoms with Gasteiger partial charge < -0.3 is 16.0 Å². The molecule has 1 aliphatic heterocycles. The first-order chi connectivity index (χ1) is 11.4. The molecular weight excluding hydrogens is 315 g/mol. The molecule has 2 heterocycles. The van der Waals surface area contributed by atoms with Crippen molar-refractivity contribution in [2.45, 2.75) is 45.4 Å². The monoisotopic (exact) mass is 340 g/mol. The first-order valence-electron chi connectivity index (χ1n) is 8.22. The Morgan fingerprint density at radius 2 is 2.25 bits per heavy atom. The van der Waals surface area contributed by atoms with Gasteiger partial charge in [-0.05, 0) is 5.92 Å². The number of likely N-dealkylation sites (tertiary alicyclic amines) is 1. The summed E-state index contributed by atoms with van der Waals surface area (Å²) in [5.74, 6) is -0.215. The van der Waals surface area contributed by atoms with Crippen molar-refractivity contribution in [1.29, 1.82) is 0 Å². The lowest BCUT2D eigenvalue weighted by atomic mass is 10.1. The third-order valence-electron chi connectivity index (χ3n) is 3.87. The van der Waals surface area contributed by atoms with Crippen molar-refractivity contribution in [2.24, 2.45) is 11.7 Å². The molecule has 0 bridgehead atoms. The number of carbonyl (C=O) groups excluding carboxylic acids is 2. The number of aromatic nitrogens is 3. The van der Waals surface area contributed by atoms with E-state index in [1.54, 1.807) is 0 Å². The lowest BCUT2D eigenvalue weighted by molar-refractivity contribution is -0.122. The number of carbonyl (C=O) groups is 2. The minimum Gasteiger partial charge on any atom is -0.354 e. The van der Waals surface area contributed by atoms with Crippen LogP contribution in [0.5, 0.6) is 0 Å². The summed E-state index contributed by atoms with van der Waals surface area (Å²) in [5, 5.41) is 10.4. The number of hydrogen-bond acceptors (Lipinski definition) is 5. The van der Waals surface area contributed by atoms with Gasteiger partial charge in [-0.3, -0.25) is 14.3 Å². The van der Waals surface area contributed by atoms with Crippen LogP contribution in [-0.2, 0) is 11.3 Å². The van der Waals surface area contributed by atoms with Gasteiger partial charge in [-0.15, -0.1) is 5.10 Å². The number of nitrogens with one attached hydrogen (secondary N) is 1. The second-order valence-corrected chi connectivity index (χ2v) is 6.50. The molecule has 1 saturated heterocycles. The fourth-order valence-electron chi connectivity index (χ4n) is 2.76. The molecule has 0 saturated carbocycles. The Hall–Kier alpha value is -2.03. The molecule has 2 amide bonds. The first-order valence-corrected chi connectivity index (χ1v) is 8.22. The highest BCUT2D eigenvalue weighted by Crippen LogP contribution is 2.22. The van der Waals surface area contributed by atoms with Crippen LogP contribution < -0.4 is 11.1 Å². The van der Waals surface area contributed by atoms with Crippen LogP contribution in [-0.4, -0.2) is 63.6 Å². The number of rotatable bonds is 7. The first kappa shape index (κ1) is 18.3. The van der Waals surface area contributed by atoms with Crippen molar-refractivity contribution in [3.63, 3.8) is 0 Å². The average molecular weight is 340 g/mol. The van der Waals surface area contributed by atoms with Crippen LogP contribution in [0.4, 0.5) is 4.39 Å². The molecule has 1 aromatic rings. The second-order valence-electron chi connectivity index (χ2n) is 6.50. The van der Waals surface area contributed by atoms with Gasteiger partial charge in [0.2, 0.25) is 5.91 Å². The normalized spacial score (nSPS) is 20.6. The number of alkyl halides is 1. The predicted molar refractivity (Wildman–Crippen MR) is 85.9 cm³/mol. The van der Waals surface area contributed by atoms with Crippen LogP contribution in [0.25, 0.3) is 0 Å². The Labute approximate surface area is 140 Å². The van der Waals surface area contributed by atoms with E-state index < -0.39 is 6.17 Å². The second kappa shape index (κ2) is 8.18. The fraction of sp³-hybridized carbons (Fsp3) is 0.733. The summed E-state index contributed by atoms with van der Waals surface area (Å²) in [5.41, 5.74) is 5.60. The summed E-state index contributed by atoms with van der Waals surface area (Å²) in [6.45, 7) is 5.00. The van der Waals surface area contributed by atoms with Crippen LogP contribution in [0.15, 0.2) is 6.20 Å². The van der Waals surface area contributed by atoms with E-state index in [1.165, 1.54) is 15.8 Å². The molecule has 1 fully saturated rings. The Morgan fingerprint density at radius 3 is 2.92 bits per heavy atom. The summed E-state index contributed by atoms with van der Waals surface area (Å²) < 4.78 is 15.3. The van der Waals surface area contributed by atoms with Gasteiger partial charge in [-0.2, -0.15) is 0 Å². The number of nitrogens with zero attached hydrogens (tertiary/aromatic N) is 4. The van der Waals surface area contributed by atoms with Crippen LogP contribution in [0.2, 0.25) is 0 Å². The van der Waals surface area contributed by atoms with Gasteiger partial charge in [0.25, 0.3) is 5.91 Å². The van der Waals surface area contributed by atoms with E-state index in [1.807, 2.05) is 13.8 Å². The largest absolute Gasteiger partial charge is 0.354 e. The van der Waals surface area contributed by atoms with E-state index >= 15 is 0 Å². The molecule has 134 valence electrons. The molecule has 2 atom stereocenters. The van der Waals surface area contributed by atoms with E-state index in [2.05, 4.69) is 15.6 Å². The average Bonchev–Trinajstić information content (AvgIpc) is 3.11. The van der Waals surface area contributed by atoms with Crippen LogP contribution in [0.1, 0.15) is 37.2 Å². The maximum absolute atomic E-state index is 13.8. The number of nitrogens with two attached hydrogens (primary N) is 1. The SMILES string of the molecule is CC(C)CC(=O)NC[C@@H]1C[C@H](F)CN1C(=O)c1cn(CCN)nn1. The molecule has 0 aromatic carbocycles. The lowest BCUT2D eigenvalue weighted by Crippen LogP contribution is -2.43. The van der Waals surface area contributed by atoms with E-state index in [0.29, 0.717) is 19.5 Å². The smallest absolute Gasteiger partial charge is 0.276 e. The molecule has 2 rings (SSSR count). The van der Waals surface area contributed by atoms with Crippen molar-refractivity contribution in [3.8, 4) is 0 Å². The minimum absolute atomic E-state index is 0.00724. The molecule has 8 nitrogen and oxygen atoms in total. The number of hydrogen-bond donors (Lipinski definition) is 2. The third kappa shape index (κ3) is 4.73. The van der Waals surface area contributed by atoms with Crippen LogP contribution >= 0.6 is 0 Å². The van der Waals surface area contributed by atoms with Gasteiger partial charge in [0.05, 0.1) is 25.3 Å². The van der Waals surface area contributed by atoms with Gasteiger partial charge in [0, 0.05) is 25.9 Å². The molecule has 24 heavy (non-hydrogen) atoms. The molecule has 3 N–H and O–H groups in total. The molecule has 9 heteroatoms. The van der Waals surface area contributed by atoms with E-state index in [4.69, 9.17) is 5.73 Å². The summed E-state index contributed by atoms with van der Waals surface area (Å²) in [4.78, 5) is 25.7. The maximum Gasteiger partial charge on any atom is 0.276 e. The molecule has 1 aromatic heterocycles. The highest BCUT2D eigenvalue weighted by atomic mass is 19.1. The Kier molecular flexibility index (Phi) is 6.24. The quantitative estimate of drug-likeness (QED) is 0.724. The van der Waals surface area contributed by atoms with Gasteiger partial charge in [-0.25, -0.2) is 4.39 Å². The highest BCUT2D eigenvalue weighted by Gasteiger charge is 2.36. The van der Waals surface area contributed by atoms with E-state index in [-0.39, 0.29) is 49.0 Å². The maximum atomic E-state index is 13.8. The minimum atomic E-state index is -1.10. The standard InChI is InChI=1S/C15H25FN6O2/c1-10(2)5-14(23)18-7-12-6-11(16)8-22(12)15(24)13-9-21(4-3-17)20-19-13/h9-12H,3-8,17H2,1-2H3,(H,18,23)/t11-,12-/m0/s1.